The molecule has 2 amide bonds. The van der Waals surface area contributed by atoms with Crippen molar-refractivity contribution in [3.63, 3.8) is 0 Å². The third-order valence-electron chi connectivity index (χ3n) is 3.12. The molecule has 0 saturated heterocycles. The molecule has 0 aliphatic rings. The smallest absolute Gasteiger partial charge is 0.313 e. The predicted octanol–water partition coefficient (Wildman–Crippen LogP) is 1.67. The average Bonchev–Trinajstić information content (AvgIpc) is 3.06. The quantitative estimate of drug-likeness (QED) is 0.756. The molecule has 2 rings (SSSR count). The lowest BCUT2D eigenvalue weighted by Gasteiger charge is -2.10. The first-order chi connectivity index (χ1) is 11.5. The van der Waals surface area contributed by atoms with Gasteiger partial charge in [0.2, 0.25) is 0 Å². The predicted molar refractivity (Wildman–Crippen MR) is 90.6 cm³/mol. The summed E-state index contributed by atoms with van der Waals surface area (Å²) in [5, 5.41) is 9.22. The number of nitrogens with one attached hydrogen (secondary N) is 2. The highest BCUT2D eigenvalue weighted by atomic mass is 16.5. The summed E-state index contributed by atoms with van der Waals surface area (Å²) in [6.45, 7) is 5.46. The second-order valence-corrected chi connectivity index (χ2v) is 5.70. The number of nitrogens with zero attached hydrogens (tertiary/aromatic N) is 2. The van der Waals surface area contributed by atoms with Crippen LogP contribution in [0, 0.1) is 5.92 Å². The van der Waals surface area contributed by atoms with Gasteiger partial charge in [0, 0.05) is 30.7 Å². The Morgan fingerprint density at radius 2 is 2.08 bits per heavy atom. The molecule has 7 nitrogen and oxygen atoms in total. The summed E-state index contributed by atoms with van der Waals surface area (Å²) in [6, 6.07) is 8.77. The molecular formula is C17H22N4O3. The van der Waals surface area contributed by atoms with Crippen LogP contribution in [0.2, 0.25) is 0 Å². The zero-order chi connectivity index (χ0) is 17.4. The fourth-order valence-electron chi connectivity index (χ4n) is 1.92. The molecule has 0 spiro atoms. The van der Waals surface area contributed by atoms with Gasteiger partial charge in [0.05, 0.1) is 6.54 Å². The van der Waals surface area contributed by atoms with Crippen LogP contribution in [-0.4, -0.2) is 34.7 Å². The van der Waals surface area contributed by atoms with E-state index < -0.39 is 11.8 Å². The first kappa shape index (κ1) is 17.5. The number of aromatic nitrogens is 2. The van der Waals surface area contributed by atoms with Gasteiger partial charge in [-0.25, -0.2) is 0 Å². The number of carbonyl (C=O) groups is 2. The summed E-state index contributed by atoms with van der Waals surface area (Å²) in [5.41, 5.74) is 0.510. The number of anilines is 1. The van der Waals surface area contributed by atoms with E-state index in [9.17, 15) is 9.59 Å². The Morgan fingerprint density at radius 3 is 2.79 bits per heavy atom. The Bertz CT molecular complexity index is 668. The lowest BCUT2D eigenvalue weighted by molar-refractivity contribution is -0.136. The molecule has 7 heteroatoms. The van der Waals surface area contributed by atoms with E-state index in [-0.39, 0.29) is 5.92 Å². The van der Waals surface area contributed by atoms with Gasteiger partial charge in [0.15, 0.2) is 0 Å². The molecule has 0 bridgehead atoms. The molecule has 1 aromatic carbocycles. The van der Waals surface area contributed by atoms with Gasteiger partial charge in [-0.05, 0) is 24.1 Å². The van der Waals surface area contributed by atoms with Crippen LogP contribution in [0.25, 0.3) is 0 Å². The van der Waals surface area contributed by atoms with Crippen molar-refractivity contribution in [3.05, 3.63) is 42.7 Å². The standard InChI is InChI=1S/C17H22N4O3/c1-13(2)12-18-16(22)17(23)20-14-5-3-6-15(11-14)24-10-9-21-8-4-7-19-21/h3-8,11,13H,9-10,12H2,1-2H3,(H,18,22)(H,20,23). The fourth-order valence-corrected chi connectivity index (χ4v) is 1.92. The molecule has 2 aromatic rings. The van der Waals surface area contributed by atoms with Crippen LogP contribution < -0.4 is 15.4 Å². The van der Waals surface area contributed by atoms with Crippen molar-refractivity contribution in [1.82, 2.24) is 15.1 Å². The Labute approximate surface area is 141 Å². The van der Waals surface area contributed by atoms with Gasteiger partial charge < -0.3 is 15.4 Å². The molecule has 0 saturated carbocycles. The van der Waals surface area contributed by atoms with Crippen molar-refractivity contribution in [3.8, 4) is 5.75 Å². The number of ether oxygens (including phenoxy) is 1. The van der Waals surface area contributed by atoms with Crippen molar-refractivity contribution in [2.24, 2.45) is 5.92 Å². The highest BCUT2D eigenvalue weighted by Crippen LogP contribution is 2.17. The summed E-state index contributed by atoms with van der Waals surface area (Å²) in [7, 11) is 0. The molecule has 0 atom stereocenters. The molecule has 0 unspecified atom stereocenters. The maximum Gasteiger partial charge on any atom is 0.313 e. The van der Waals surface area contributed by atoms with Gasteiger partial charge in [-0.3, -0.25) is 14.3 Å². The molecule has 0 aliphatic heterocycles. The van der Waals surface area contributed by atoms with E-state index in [2.05, 4.69) is 15.7 Å². The zero-order valence-electron chi connectivity index (χ0n) is 13.9. The van der Waals surface area contributed by atoms with Crippen LogP contribution in [0.5, 0.6) is 5.75 Å². The van der Waals surface area contributed by atoms with Gasteiger partial charge in [-0.15, -0.1) is 0 Å². The van der Waals surface area contributed by atoms with Crippen LogP contribution in [-0.2, 0) is 16.1 Å². The van der Waals surface area contributed by atoms with Crippen molar-refractivity contribution < 1.29 is 14.3 Å². The third kappa shape index (κ3) is 5.75. The van der Waals surface area contributed by atoms with Crippen molar-refractivity contribution in [2.75, 3.05) is 18.5 Å². The van der Waals surface area contributed by atoms with Crippen molar-refractivity contribution in [1.29, 1.82) is 0 Å². The fraction of sp³-hybridized carbons (Fsp3) is 0.353. The SMILES string of the molecule is CC(C)CNC(=O)C(=O)Nc1cccc(OCCn2cccn2)c1. The summed E-state index contributed by atoms with van der Waals surface area (Å²) < 4.78 is 7.40. The van der Waals surface area contributed by atoms with Crippen molar-refractivity contribution in [2.45, 2.75) is 20.4 Å². The minimum absolute atomic E-state index is 0.285. The first-order valence-electron chi connectivity index (χ1n) is 7.84. The highest BCUT2D eigenvalue weighted by Gasteiger charge is 2.13. The van der Waals surface area contributed by atoms with Gasteiger partial charge in [-0.2, -0.15) is 5.10 Å². The number of amides is 2. The second-order valence-electron chi connectivity index (χ2n) is 5.70. The van der Waals surface area contributed by atoms with Crippen LogP contribution >= 0.6 is 0 Å². The lowest BCUT2D eigenvalue weighted by atomic mass is 10.2. The average molecular weight is 330 g/mol. The molecular weight excluding hydrogens is 308 g/mol. The largest absolute Gasteiger partial charge is 0.492 e. The second kappa shape index (κ2) is 8.71. The number of hydrogen-bond acceptors (Lipinski definition) is 4. The molecule has 0 fully saturated rings. The lowest BCUT2D eigenvalue weighted by Crippen LogP contribution is -2.37. The van der Waals surface area contributed by atoms with E-state index in [4.69, 9.17) is 4.74 Å². The van der Waals surface area contributed by atoms with E-state index in [0.717, 1.165) is 0 Å². The molecule has 0 radical (unpaired) electrons. The summed E-state index contributed by atoms with van der Waals surface area (Å²) in [6.07, 6.45) is 3.57. The van der Waals surface area contributed by atoms with E-state index in [1.54, 1.807) is 35.1 Å². The maximum absolute atomic E-state index is 11.8. The van der Waals surface area contributed by atoms with Crippen LogP contribution in [0.1, 0.15) is 13.8 Å². The monoisotopic (exact) mass is 330 g/mol. The van der Waals surface area contributed by atoms with Gasteiger partial charge >= 0.3 is 11.8 Å². The van der Waals surface area contributed by atoms with Gasteiger partial charge in [0.25, 0.3) is 0 Å². The summed E-state index contributed by atoms with van der Waals surface area (Å²) in [4.78, 5) is 23.5. The molecule has 128 valence electrons. The normalized spacial score (nSPS) is 10.5. The number of carbonyl (C=O) groups excluding carboxylic acids is 2. The molecule has 1 heterocycles. The molecule has 2 N–H and O–H groups in total. The minimum Gasteiger partial charge on any atom is -0.492 e. The minimum atomic E-state index is -0.690. The summed E-state index contributed by atoms with van der Waals surface area (Å²) in [5.74, 6) is -0.436. The topological polar surface area (TPSA) is 85.3 Å². The van der Waals surface area contributed by atoms with Crippen molar-refractivity contribution >= 4 is 17.5 Å². The third-order valence-corrected chi connectivity index (χ3v) is 3.12. The highest BCUT2D eigenvalue weighted by molar-refractivity contribution is 6.39. The van der Waals surface area contributed by atoms with Gasteiger partial charge in [0.1, 0.15) is 12.4 Å². The maximum atomic E-state index is 11.8. The van der Waals surface area contributed by atoms with Gasteiger partial charge in [-0.1, -0.05) is 19.9 Å². The number of hydrogen-bond donors (Lipinski definition) is 2. The number of rotatable bonds is 7. The van der Waals surface area contributed by atoms with Crippen LogP contribution in [0.15, 0.2) is 42.7 Å². The first-order valence-corrected chi connectivity index (χ1v) is 7.84. The van der Waals surface area contributed by atoms with Crippen LogP contribution in [0.3, 0.4) is 0 Å². The zero-order valence-corrected chi connectivity index (χ0v) is 13.9. The van der Waals surface area contributed by atoms with Crippen LogP contribution in [0.4, 0.5) is 5.69 Å². The Balaban J connectivity index is 1.83. The number of benzene rings is 1. The molecule has 0 aliphatic carbocycles. The Hall–Kier alpha value is -2.83. The molecule has 24 heavy (non-hydrogen) atoms. The van der Waals surface area contributed by atoms with E-state index >= 15 is 0 Å². The Morgan fingerprint density at radius 1 is 1.25 bits per heavy atom. The van der Waals surface area contributed by atoms with E-state index in [0.29, 0.717) is 31.1 Å². The summed E-state index contributed by atoms with van der Waals surface area (Å²) >= 11 is 0. The molecule has 1 aromatic heterocycles. The van der Waals surface area contributed by atoms with E-state index in [1.165, 1.54) is 0 Å². The Kier molecular flexibility index (Phi) is 6.36. The van der Waals surface area contributed by atoms with E-state index in [1.807, 2.05) is 26.1 Å².